The number of benzene rings is 4. The molecule has 4 heteroatoms. The Kier molecular flexibility index (Phi) is 7.05. The summed E-state index contributed by atoms with van der Waals surface area (Å²) in [6, 6.07) is 33.4. The lowest BCUT2D eigenvalue weighted by molar-refractivity contribution is -0.144. The van der Waals surface area contributed by atoms with Gasteiger partial charge in [-0.3, -0.25) is 14.5 Å². The fourth-order valence-corrected chi connectivity index (χ4v) is 3.67. The van der Waals surface area contributed by atoms with E-state index in [1.54, 1.807) is 6.07 Å². The molecule has 0 fully saturated rings. The highest BCUT2D eigenvalue weighted by Gasteiger charge is 2.15. The van der Waals surface area contributed by atoms with Gasteiger partial charge in [-0.15, -0.1) is 0 Å². The summed E-state index contributed by atoms with van der Waals surface area (Å²) in [7, 11) is 0. The molecule has 4 rings (SSSR count). The van der Waals surface area contributed by atoms with E-state index in [-0.39, 0.29) is 18.9 Å². The molecule has 0 saturated heterocycles. The molecule has 0 amide bonds. The molecular weight excluding hydrogens is 398 g/mol. The van der Waals surface area contributed by atoms with Crippen LogP contribution in [0.15, 0.2) is 103 Å². The van der Waals surface area contributed by atoms with E-state index in [2.05, 4.69) is 0 Å². The lowest BCUT2D eigenvalue weighted by Crippen LogP contribution is -2.31. The van der Waals surface area contributed by atoms with Gasteiger partial charge in [0.2, 0.25) is 0 Å². The van der Waals surface area contributed by atoms with Gasteiger partial charge in [0.25, 0.3) is 0 Å². The Morgan fingerprint density at radius 2 is 1.22 bits per heavy atom. The van der Waals surface area contributed by atoms with E-state index >= 15 is 0 Å². The molecule has 0 aliphatic carbocycles. The molecule has 0 radical (unpaired) electrons. The van der Waals surface area contributed by atoms with Crippen LogP contribution in [0, 0.1) is 0 Å². The van der Waals surface area contributed by atoms with Crippen LogP contribution >= 0.6 is 0 Å². The number of ether oxygens (including phenoxy) is 1. The quantitative estimate of drug-likeness (QED) is 0.272. The number of nitrogens with zero attached hydrogens (tertiary/aromatic N) is 1. The molecule has 32 heavy (non-hydrogen) atoms. The largest absolute Gasteiger partial charge is 0.456 e. The molecule has 0 bridgehead atoms. The van der Waals surface area contributed by atoms with E-state index in [0.717, 1.165) is 21.9 Å². The van der Waals surface area contributed by atoms with Crippen LogP contribution in [0.3, 0.4) is 0 Å². The monoisotopic (exact) mass is 423 g/mol. The molecule has 4 aromatic rings. The first-order chi connectivity index (χ1) is 15.7. The average molecular weight is 424 g/mol. The van der Waals surface area contributed by atoms with Crippen molar-refractivity contribution < 1.29 is 14.3 Å². The van der Waals surface area contributed by atoms with Gasteiger partial charge >= 0.3 is 5.97 Å². The summed E-state index contributed by atoms with van der Waals surface area (Å²) in [5.41, 5.74) is 2.77. The Bertz CT molecular complexity index is 1150. The Hall–Kier alpha value is -3.76. The normalized spacial score (nSPS) is 10.9. The predicted octanol–water partition coefficient (Wildman–Crippen LogP) is 5.27. The number of esters is 1. The summed E-state index contributed by atoms with van der Waals surface area (Å²) in [6.07, 6.45) is 0. The van der Waals surface area contributed by atoms with Crippen LogP contribution in [0.4, 0.5) is 0 Å². The molecular formula is C28H25NO3. The van der Waals surface area contributed by atoms with Crippen LogP contribution in [0.2, 0.25) is 0 Å². The maximum Gasteiger partial charge on any atom is 0.320 e. The van der Waals surface area contributed by atoms with Crippen LogP contribution < -0.4 is 0 Å². The molecule has 0 aliphatic rings. The zero-order chi connectivity index (χ0) is 22.2. The molecule has 0 N–H and O–H groups in total. The van der Waals surface area contributed by atoms with Gasteiger partial charge in [0.15, 0.2) is 12.4 Å². The van der Waals surface area contributed by atoms with Crippen LogP contribution in [0.1, 0.15) is 21.5 Å². The Balaban J connectivity index is 1.37. The van der Waals surface area contributed by atoms with E-state index in [1.807, 2.05) is 102 Å². The van der Waals surface area contributed by atoms with Crippen LogP contribution in [0.25, 0.3) is 10.8 Å². The predicted molar refractivity (Wildman–Crippen MR) is 126 cm³/mol. The first kappa shape index (κ1) is 21.5. The third-order valence-electron chi connectivity index (χ3n) is 5.29. The van der Waals surface area contributed by atoms with Gasteiger partial charge in [-0.2, -0.15) is 0 Å². The topological polar surface area (TPSA) is 46.6 Å². The van der Waals surface area contributed by atoms with Crippen molar-refractivity contribution in [1.29, 1.82) is 0 Å². The Morgan fingerprint density at radius 1 is 0.656 bits per heavy atom. The summed E-state index contributed by atoms with van der Waals surface area (Å²) in [6.45, 7) is 1.07. The first-order valence-corrected chi connectivity index (χ1v) is 10.7. The maximum atomic E-state index is 12.6. The fraction of sp³-hybridized carbons (Fsp3) is 0.143. The lowest BCUT2D eigenvalue weighted by Gasteiger charge is -2.21. The molecule has 0 atom stereocenters. The molecule has 4 aromatic carbocycles. The van der Waals surface area contributed by atoms with Gasteiger partial charge in [0.05, 0.1) is 6.54 Å². The third-order valence-corrected chi connectivity index (χ3v) is 5.29. The second kappa shape index (κ2) is 10.5. The first-order valence-electron chi connectivity index (χ1n) is 10.7. The second-order valence-electron chi connectivity index (χ2n) is 7.76. The molecule has 0 aliphatic heterocycles. The summed E-state index contributed by atoms with van der Waals surface area (Å²) in [5, 5.41) is 2.06. The zero-order valence-corrected chi connectivity index (χ0v) is 17.8. The van der Waals surface area contributed by atoms with Gasteiger partial charge in [0.1, 0.15) is 0 Å². The van der Waals surface area contributed by atoms with Gasteiger partial charge in [-0.25, -0.2) is 0 Å². The lowest BCUT2D eigenvalue weighted by atomic mass is 10.0. The van der Waals surface area contributed by atoms with Gasteiger partial charge in [0, 0.05) is 18.7 Å². The smallest absolute Gasteiger partial charge is 0.320 e. The number of Topliss-reactive ketones (excluding diaryl/α,β-unsaturated/α-hetero) is 1. The molecule has 4 nitrogen and oxygen atoms in total. The zero-order valence-electron chi connectivity index (χ0n) is 17.8. The van der Waals surface area contributed by atoms with Crippen molar-refractivity contribution >= 4 is 22.5 Å². The maximum absolute atomic E-state index is 12.6. The van der Waals surface area contributed by atoms with Gasteiger partial charge in [-0.05, 0) is 28.0 Å². The molecule has 0 spiro atoms. The summed E-state index contributed by atoms with van der Waals surface area (Å²) < 4.78 is 5.35. The molecule has 160 valence electrons. The minimum Gasteiger partial charge on any atom is -0.456 e. The minimum absolute atomic E-state index is 0.106. The summed E-state index contributed by atoms with van der Waals surface area (Å²) >= 11 is 0. The number of hydrogen-bond acceptors (Lipinski definition) is 4. The highest BCUT2D eigenvalue weighted by Crippen LogP contribution is 2.16. The molecule has 0 saturated carbocycles. The van der Waals surface area contributed by atoms with E-state index < -0.39 is 5.97 Å². The molecule has 0 unspecified atom stereocenters. The van der Waals surface area contributed by atoms with Crippen molar-refractivity contribution in [3.8, 4) is 0 Å². The third kappa shape index (κ3) is 5.90. The highest BCUT2D eigenvalue weighted by molar-refractivity contribution is 6.01. The van der Waals surface area contributed by atoms with Crippen molar-refractivity contribution in [1.82, 2.24) is 4.90 Å². The molecule has 0 heterocycles. The fourth-order valence-electron chi connectivity index (χ4n) is 3.67. The second-order valence-corrected chi connectivity index (χ2v) is 7.76. The van der Waals surface area contributed by atoms with E-state index in [9.17, 15) is 9.59 Å². The van der Waals surface area contributed by atoms with E-state index in [0.29, 0.717) is 18.7 Å². The van der Waals surface area contributed by atoms with E-state index in [1.165, 1.54) is 0 Å². The SMILES string of the molecule is O=C(CN(Cc1ccccc1)Cc1ccccc1)OCC(=O)c1ccc2ccccc2c1. The number of fused-ring (bicyclic) bond motifs is 1. The number of ketones is 1. The van der Waals surface area contributed by atoms with Gasteiger partial charge in [-0.1, -0.05) is 97.1 Å². The average Bonchev–Trinajstić information content (AvgIpc) is 2.83. The van der Waals surface area contributed by atoms with Crippen LogP contribution in [0.5, 0.6) is 0 Å². The summed E-state index contributed by atoms with van der Waals surface area (Å²) in [5.74, 6) is -0.618. The standard InChI is InChI=1S/C28H25NO3/c30-27(26-16-15-24-13-7-8-14-25(24)17-26)21-32-28(31)20-29(18-22-9-3-1-4-10-22)19-23-11-5-2-6-12-23/h1-17H,18-21H2. The Morgan fingerprint density at radius 3 is 1.84 bits per heavy atom. The van der Waals surface area contributed by atoms with Gasteiger partial charge < -0.3 is 4.74 Å². The van der Waals surface area contributed by atoms with E-state index in [4.69, 9.17) is 4.74 Å². The number of carbonyl (C=O) groups excluding carboxylic acids is 2. The van der Waals surface area contributed by atoms with Crippen molar-refractivity contribution in [3.63, 3.8) is 0 Å². The summed E-state index contributed by atoms with van der Waals surface area (Å²) in [4.78, 5) is 27.2. The van der Waals surface area contributed by atoms with Crippen molar-refractivity contribution in [2.45, 2.75) is 13.1 Å². The van der Waals surface area contributed by atoms with Crippen LogP contribution in [-0.4, -0.2) is 29.8 Å². The minimum atomic E-state index is -0.411. The van der Waals surface area contributed by atoms with Crippen molar-refractivity contribution in [2.24, 2.45) is 0 Å². The number of hydrogen-bond donors (Lipinski definition) is 0. The number of carbonyl (C=O) groups is 2. The van der Waals surface area contributed by atoms with Crippen LogP contribution in [-0.2, 0) is 22.6 Å². The Labute approximate surface area is 188 Å². The highest BCUT2D eigenvalue weighted by atomic mass is 16.5. The van der Waals surface area contributed by atoms with Crippen molar-refractivity contribution in [2.75, 3.05) is 13.2 Å². The number of rotatable bonds is 9. The van der Waals surface area contributed by atoms with Crippen molar-refractivity contribution in [3.05, 3.63) is 120 Å². The molecule has 0 aromatic heterocycles.